The van der Waals surface area contributed by atoms with Gasteiger partial charge in [0.05, 0.1) is 17.7 Å². The van der Waals surface area contributed by atoms with Gasteiger partial charge in [0, 0.05) is 12.2 Å². The fraction of sp³-hybridized carbons (Fsp3) is 0.571. The van der Waals surface area contributed by atoms with E-state index in [0.717, 1.165) is 12.8 Å². The van der Waals surface area contributed by atoms with Crippen LogP contribution in [0, 0.1) is 5.95 Å². The second kappa shape index (κ2) is 7.99. The first-order chi connectivity index (χ1) is 10.9. The molecule has 23 heavy (non-hydrogen) atoms. The normalized spacial score (nSPS) is 18.7. The Hall–Kier alpha value is -1.31. The summed E-state index contributed by atoms with van der Waals surface area (Å²) in [5, 5.41) is -0.0965. The fourth-order valence-electron chi connectivity index (χ4n) is 2.05. The van der Waals surface area contributed by atoms with Crippen molar-refractivity contribution in [1.29, 1.82) is 0 Å². The number of carbonyl (C=O) groups excluding carboxylic acids is 1. The molecule has 1 saturated heterocycles. The van der Waals surface area contributed by atoms with Gasteiger partial charge in [-0.25, -0.2) is 4.79 Å². The van der Waals surface area contributed by atoms with Crippen LogP contribution in [0.1, 0.15) is 25.3 Å². The summed E-state index contributed by atoms with van der Waals surface area (Å²) in [5.41, 5.74) is 5.60. The molecular formula is C14H17Cl2FN2O4. The number of alkyl halides is 1. The van der Waals surface area contributed by atoms with E-state index in [1.54, 1.807) is 0 Å². The van der Waals surface area contributed by atoms with Crippen molar-refractivity contribution in [2.45, 2.75) is 37.9 Å². The van der Waals surface area contributed by atoms with Crippen LogP contribution < -0.4 is 10.5 Å². The Morgan fingerprint density at radius 1 is 1.61 bits per heavy atom. The van der Waals surface area contributed by atoms with Gasteiger partial charge in [-0.3, -0.25) is 0 Å². The molecule has 2 rings (SSSR count). The number of anilines is 1. The third kappa shape index (κ3) is 4.37. The Balaban J connectivity index is 1.98. The topological polar surface area (TPSA) is 83.7 Å². The summed E-state index contributed by atoms with van der Waals surface area (Å²) in [6, 6.07) is 0. The molecule has 1 aliphatic rings. The van der Waals surface area contributed by atoms with Gasteiger partial charge in [-0.15, -0.1) is 11.6 Å². The number of ether oxygens (including phenoxy) is 3. The summed E-state index contributed by atoms with van der Waals surface area (Å²) in [5.74, 6) is -1.98. The molecule has 0 spiro atoms. The van der Waals surface area contributed by atoms with Crippen LogP contribution in [0.5, 0.6) is 5.88 Å². The third-order valence-electron chi connectivity index (χ3n) is 3.39. The van der Waals surface area contributed by atoms with Gasteiger partial charge in [-0.1, -0.05) is 11.6 Å². The highest BCUT2D eigenvalue weighted by Gasteiger charge is 2.24. The largest absolute Gasteiger partial charge is 0.461 e. The number of esters is 1. The maximum Gasteiger partial charge on any atom is 0.347 e. The maximum atomic E-state index is 13.7. The predicted octanol–water partition coefficient (Wildman–Crippen LogP) is 2.68. The summed E-state index contributed by atoms with van der Waals surface area (Å²) in [4.78, 5) is 15.4. The lowest BCUT2D eigenvalue weighted by molar-refractivity contribution is -0.154. The molecule has 1 aromatic heterocycles. The summed E-state index contributed by atoms with van der Waals surface area (Å²) < 4.78 is 29.5. The number of aromatic nitrogens is 1. The van der Waals surface area contributed by atoms with Crippen molar-refractivity contribution < 1.29 is 23.4 Å². The molecule has 1 unspecified atom stereocenters. The lowest BCUT2D eigenvalue weighted by atomic mass is 10.2. The SMILES string of the molecule is C[C@@H](Oc1nc(F)c(CCl)c(N)c1Cl)C(=O)OCC1CCCO1. The van der Waals surface area contributed by atoms with Gasteiger partial charge in [0.15, 0.2) is 6.10 Å². The number of rotatable bonds is 6. The van der Waals surface area contributed by atoms with Crippen molar-refractivity contribution in [2.75, 3.05) is 18.9 Å². The second-order valence-corrected chi connectivity index (χ2v) is 5.72. The average molecular weight is 367 g/mol. The highest BCUT2D eigenvalue weighted by Crippen LogP contribution is 2.33. The minimum Gasteiger partial charge on any atom is -0.461 e. The lowest BCUT2D eigenvalue weighted by Crippen LogP contribution is -2.29. The minimum atomic E-state index is -1.03. The Morgan fingerprint density at radius 3 is 2.96 bits per heavy atom. The number of carbonyl (C=O) groups is 1. The number of nitrogen functional groups attached to an aromatic ring is 1. The fourth-order valence-corrected chi connectivity index (χ4v) is 2.51. The molecule has 0 saturated carbocycles. The van der Waals surface area contributed by atoms with E-state index in [2.05, 4.69) is 4.98 Å². The van der Waals surface area contributed by atoms with E-state index in [-0.39, 0.29) is 40.7 Å². The predicted molar refractivity (Wildman–Crippen MR) is 83.2 cm³/mol. The first-order valence-electron chi connectivity index (χ1n) is 7.08. The van der Waals surface area contributed by atoms with E-state index in [4.69, 9.17) is 43.1 Å². The molecule has 1 aliphatic heterocycles. The Labute approximate surface area is 143 Å². The number of hydrogen-bond acceptors (Lipinski definition) is 6. The monoisotopic (exact) mass is 366 g/mol. The molecule has 0 bridgehead atoms. The van der Waals surface area contributed by atoms with Gasteiger partial charge in [0.2, 0.25) is 11.8 Å². The minimum absolute atomic E-state index is 0.0161. The van der Waals surface area contributed by atoms with Crippen molar-refractivity contribution in [3.63, 3.8) is 0 Å². The summed E-state index contributed by atoms with van der Waals surface area (Å²) in [6.07, 6.45) is 0.669. The van der Waals surface area contributed by atoms with E-state index in [0.29, 0.717) is 6.61 Å². The molecule has 9 heteroatoms. The van der Waals surface area contributed by atoms with E-state index >= 15 is 0 Å². The zero-order valence-corrected chi connectivity index (χ0v) is 14.0. The molecule has 0 radical (unpaired) electrons. The van der Waals surface area contributed by atoms with Gasteiger partial charge in [-0.2, -0.15) is 9.37 Å². The molecule has 2 atom stereocenters. The molecule has 0 amide bonds. The molecular weight excluding hydrogens is 350 g/mol. The highest BCUT2D eigenvalue weighted by atomic mass is 35.5. The quantitative estimate of drug-likeness (QED) is 0.473. The van der Waals surface area contributed by atoms with E-state index in [9.17, 15) is 9.18 Å². The summed E-state index contributed by atoms with van der Waals surface area (Å²) in [7, 11) is 0. The number of halogens is 3. The van der Waals surface area contributed by atoms with E-state index < -0.39 is 18.0 Å². The van der Waals surface area contributed by atoms with Crippen LogP contribution in [0.2, 0.25) is 5.02 Å². The van der Waals surface area contributed by atoms with Crippen molar-refractivity contribution in [3.8, 4) is 5.88 Å². The zero-order valence-electron chi connectivity index (χ0n) is 12.5. The average Bonchev–Trinajstić information content (AvgIpc) is 3.03. The van der Waals surface area contributed by atoms with Crippen molar-refractivity contribution in [2.24, 2.45) is 0 Å². The van der Waals surface area contributed by atoms with Crippen LogP contribution in [0.15, 0.2) is 0 Å². The first-order valence-corrected chi connectivity index (χ1v) is 7.99. The molecule has 1 fully saturated rings. The van der Waals surface area contributed by atoms with Gasteiger partial charge in [0.1, 0.15) is 11.6 Å². The van der Waals surface area contributed by atoms with Crippen LogP contribution in [0.25, 0.3) is 0 Å². The Bertz CT molecular complexity index is 582. The smallest absolute Gasteiger partial charge is 0.347 e. The maximum absolute atomic E-state index is 13.7. The molecule has 0 aromatic carbocycles. The van der Waals surface area contributed by atoms with Crippen LogP contribution in [-0.2, 0) is 20.1 Å². The van der Waals surface area contributed by atoms with Crippen molar-refractivity contribution in [1.82, 2.24) is 4.98 Å². The van der Waals surface area contributed by atoms with Gasteiger partial charge in [-0.05, 0) is 19.8 Å². The second-order valence-electron chi connectivity index (χ2n) is 5.07. The molecule has 2 heterocycles. The third-order valence-corrected chi connectivity index (χ3v) is 4.02. The molecule has 128 valence electrons. The van der Waals surface area contributed by atoms with Gasteiger partial charge >= 0.3 is 5.97 Å². The summed E-state index contributed by atoms with van der Waals surface area (Å²) >= 11 is 11.5. The first kappa shape index (κ1) is 18.0. The van der Waals surface area contributed by atoms with Crippen molar-refractivity contribution in [3.05, 3.63) is 16.5 Å². The molecule has 1 aromatic rings. The summed E-state index contributed by atoms with van der Waals surface area (Å²) in [6.45, 7) is 2.26. The lowest BCUT2D eigenvalue weighted by Gasteiger charge is -2.17. The van der Waals surface area contributed by atoms with Crippen LogP contribution in [-0.4, -0.2) is 36.4 Å². The number of pyridine rings is 1. The Morgan fingerprint density at radius 2 is 2.35 bits per heavy atom. The highest BCUT2D eigenvalue weighted by molar-refractivity contribution is 6.34. The van der Waals surface area contributed by atoms with E-state index in [1.807, 2.05) is 0 Å². The standard InChI is InChI=1S/C14H17Cl2FN2O4/c1-7(14(20)22-6-8-3-2-4-21-8)23-13-10(16)11(18)9(5-15)12(17)19-13/h7-8H,2-6H2,1H3,(H2,18,19)/t7-,8?/m1/s1. The number of nitrogens with zero attached hydrogens (tertiary/aromatic N) is 1. The molecule has 0 aliphatic carbocycles. The van der Waals surface area contributed by atoms with Crippen LogP contribution in [0.3, 0.4) is 0 Å². The zero-order chi connectivity index (χ0) is 17.0. The van der Waals surface area contributed by atoms with Gasteiger partial charge < -0.3 is 19.9 Å². The van der Waals surface area contributed by atoms with Crippen LogP contribution >= 0.6 is 23.2 Å². The van der Waals surface area contributed by atoms with Gasteiger partial charge in [0.25, 0.3) is 0 Å². The van der Waals surface area contributed by atoms with Crippen LogP contribution in [0.4, 0.5) is 10.1 Å². The van der Waals surface area contributed by atoms with E-state index in [1.165, 1.54) is 6.92 Å². The number of hydrogen-bond donors (Lipinski definition) is 1. The van der Waals surface area contributed by atoms with Crippen molar-refractivity contribution >= 4 is 34.9 Å². The molecule has 2 N–H and O–H groups in total. The molecule has 6 nitrogen and oxygen atoms in total. The number of nitrogens with two attached hydrogens (primary N) is 1. The Kier molecular flexibility index (Phi) is 6.26.